The van der Waals surface area contributed by atoms with Crippen LogP contribution in [0.1, 0.15) is 11.5 Å². The first kappa shape index (κ1) is 12.6. The summed E-state index contributed by atoms with van der Waals surface area (Å²) >= 11 is 9.53. The second-order valence-electron chi connectivity index (χ2n) is 4.42. The third kappa shape index (κ3) is 1.95. The maximum Gasteiger partial charge on any atom is 0.245 e. The van der Waals surface area contributed by atoms with Crippen molar-refractivity contribution in [3.05, 3.63) is 46.4 Å². The van der Waals surface area contributed by atoms with Gasteiger partial charge in [0.15, 0.2) is 0 Å². The van der Waals surface area contributed by atoms with Crippen LogP contribution in [0.3, 0.4) is 0 Å². The van der Waals surface area contributed by atoms with Gasteiger partial charge in [-0.25, -0.2) is 0 Å². The lowest BCUT2D eigenvalue weighted by Crippen LogP contribution is -2.22. The number of amides is 2. The van der Waals surface area contributed by atoms with Crippen molar-refractivity contribution in [1.82, 2.24) is 5.32 Å². The van der Waals surface area contributed by atoms with E-state index >= 15 is 0 Å². The molecule has 0 spiro atoms. The molecular weight excluding hydrogens is 330 g/mol. The standard InChI is InChI=1S/C14H9BrClNO2/c15-10-6-5-9(7-3-1-2-4-8(7)10)11-12(16)14(19)17-13(11)18/h1-6,11-12H,(H,17,18,19). The highest BCUT2D eigenvalue weighted by molar-refractivity contribution is 9.10. The maximum atomic E-state index is 11.9. The predicted molar refractivity (Wildman–Crippen MR) is 77.2 cm³/mol. The maximum absolute atomic E-state index is 11.9. The van der Waals surface area contributed by atoms with Crippen LogP contribution in [-0.2, 0) is 9.59 Å². The molecule has 0 aliphatic carbocycles. The van der Waals surface area contributed by atoms with Crippen LogP contribution in [-0.4, -0.2) is 17.2 Å². The fraction of sp³-hybridized carbons (Fsp3) is 0.143. The molecule has 0 saturated carbocycles. The minimum atomic E-state index is -0.850. The van der Waals surface area contributed by atoms with Crippen LogP contribution in [0.2, 0.25) is 0 Å². The monoisotopic (exact) mass is 337 g/mol. The summed E-state index contributed by atoms with van der Waals surface area (Å²) in [5.74, 6) is -1.40. The summed E-state index contributed by atoms with van der Waals surface area (Å²) in [6.07, 6.45) is 0. The van der Waals surface area contributed by atoms with Crippen molar-refractivity contribution in [2.24, 2.45) is 0 Å². The molecule has 5 heteroatoms. The quantitative estimate of drug-likeness (QED) is 0.642. The van der Waals surface area contributed by atoms with Gasteiger partial charge in [0.2, 0.25) is 11.8 Å². The van der Waals surface area contributed by atoms with E-state index in [4.69, 9.17) is 11.6 Å². The smallest absolute Gasteiger partial charge is 0.245 e. The van der Waals surface area contributed by atoms with Crippen molar-refractivity contribution in [3.8, 4) is 0 Å². The molecule has 0 aromatic heterocycles. The lowest BCUT2D eigenvalue weighted by atomic mass is 9.92. The zero-order valence-electron chi connectivity index (χ0n) is 9.69. The van der Waals surface area contributed by atoms with Gasteiger partial charge in [0.25, 0.3) is 0 Å². The van der Waals surface area contributed by atoms with Gasteiger partial charge >= 0.3 is 0 Å². The van der Waals surface area contributed by atoms with Crippen LogP contribution in [0.15, 0.2) is 40.9 Å². The van der Waals surface area contributed by atoms with Crippen molar-refractivity contribution < 1.29 is 9.59 Å². The SMILES string of the molecule is O=C1NC(=O)C(c2ccc(Br)c3ccccc23)C1Cl. The van der Waals surface area contributed by atoms with Crippen molar-refractivity contribution in [2.45, 2.75) is 11.3 Å². The molecule has 2 amide bonds. The second kappa shape index (κ2) is 4.62. The van der Waals surface area contributed by atoms with Crippen molar-refractivity contribution >= 4 is 50.1 Å². The van der Waals surface area contributed by atoms with Crippen LogP contribution >= 0.6 is 27.5 Å². The topological polar surface area (TPSA) is 46.2 Å². The van der Waals surface area contributed by atoms with Gasteiger partial charge in [-0.2, -0.15) is 0 Å². The van der Waals surface area contributed by atoms with Gasteiger partial charge < -0.3 is 0 Å². The Morgan fingerprint density at radius 2 is 1.68 bits per heavy atom. The number of nitrogens with one attached hydrogen (secondary N) is 1. The van der Waals surface area contributed by atoms with Gasteiger partial charge in [-0.1, -0.05) is 46.3 Å². The molecule has 1 aliphatic rings. The highest BCUT2D eigenvalue weighted by Crippen LogP contribution is 2.36. The van der Waals surface area contributed by atoms with E-state index in [1.54, 1.807) is 0 Å². The summed E-state index contributed by atoms with van der Waals surface area (Å²) in [5, 5.41) is 3.35. The molecule has 1 aliphatic heterocycles. The summed E-state index contributed by atoms with van der Waals surface area (Å²) < 4.78 is 0.947. The second-order valence-corrected chi connectivity index (χ2v) is 5.74. The zero-order valence-corrected chi connectivity index (χ0v) is 12.0. The predicted octanol–water partition coefficient (Wildman–Crippen LogP) is 2.95. The molecule has 2 aromatic carbocycles. The molecule has 0 radical (unpaired) electrons. The van der Waals surface area contributed by atoms with Gasteiger partial charge in [-0.15, -0.1) is 11.6 Å². The molecule has 19 heavy (non-hydrogen) atoms. The highest BCUT2D eigenvalue weighted by atomic mass is 79.9. The Morgan fingerprint density at radius 3 is 2.32 bits per heavy atom. The lowest BCUT2D eigenvalue weighted by molar-refractivity contribution is -0.125. The lowest BCUT2D eigenvalue weighted by Gasteiger charge is -2.14. The van der Waals surface area contributed by atoms with Crippen molar-refractivity contribution in [2.75, 3.05) is 0 Å². The van der Waals surface area contributed by atoms with E-state index in [2.05, 4.69) is 21.2 Å². The van der Waals surface area contributed by atoms with Crippen molar-refractivity contribution in [1.29, 1.82) is 0 Å². The molecule has 1 fully saturated rings. The van der Waals surface area contributed by atoms with Gasteiger partial charge in [-0.3, -0.25) is 14.9 Å². The first-order valence-corrected chi connectivity index (χ1v) is 6.98. The average molecular weight is 339 g/mol. The molecule has 2 atom stereocenters. The minimum Gasteiger partial charge on any atom is -0.295 e. The minimum absolute atomic E-state index is 0.336. The van der Waals surface area contributed by atoms with E-state index in [0.29, 0.717) is 0 Å². The number of rotatable bonds is 1. The molecule has 1 saturated heterocycles. The van der Waals surface area contributed by atoms with E-state index < -0.39 is 17.2 Å². The molecule has 2 unspecified atom stereocenters. The van der Waals surface area contributed by atoms with Gasteiger partial charge in [0.1, 0.15) is 5.38 Å². The Kier molecular flexibility index (Phi) is 3.07. The van der Waals surface area contributed by atoms with E-state index in [-0.39, 0.29) is 5.91 Å². The number of halogens is 2. The Hall–Kier alpha value is -1.39. The average Bonchev–Trinajstić information content (AvgIpc) is 2.65. The third-order valence-corrected chi connectivity index (χ3v) is 4.45. The van der Waals surface area contributed by atoms with E-state index in [9.17, 15) is 9.59 Å². The van der Waals surface area contributed by atoms with E-state index in [1.165, 1.54) is 0 Å². The van der Waals surface area contributed by atoms with E-state index in [1.807, 2.05) is 36.4 Å². The first-order valence-electron chi connectivity index (χ1n) is 5.75. The Morgan fingerprint density at radius 1 is 1.00 bits per heavy atom. The molecule has 3 rings (SSSR count). The van der Waals surface area contributed by atoms with Gasteiger partial charge in [0.05, 0.1) is 5.92 Å². The number of alkyl halides is 1. The molecule has 96 valence electrons. The Bertz CT molecular complexity index is 701. The molecule has 3 nitrogen and oxygen atoms in total. The first-order chi connectivity index (χ1) is 9.09. The number of imide groups is 1. The van der Waals surface area contributed by atoms with Gasteiger partial charge in [0, 0.05) is 4.47 Å². The molecule has 1 heterocycles. The van der Waals surface area contributed by atoms with Crippen LogP contribution in [0.4, 0.5) is 0 Å². The van der Waals surface area contributed by atoms with Crippen LogP contribution in [0.5, 0.6) is 0 Å². The van der Waals surface area contributed by atoms with Crippen molar-refractivity contribution in [3.63, 3.8) is 0 Å². The molecule has 0 bridgehead atoms. The summed E-state index contributed by atoms with van der Waals surface area (Å²) in [6.45, 7) is 0. The normalized spacial score (nSPS) is 22.8. The van der Waals surface area contributed by atoms with Gasteiger partial charge in [-0.05, 0) is 22.4 Å². The fourth-order valence-corrected chi connectivity index (χ4v) is 3.19. The Labute approximate surface area is 123 Å². The largest absolute Gasteiger partial charge is 0.295 e. The molecule has 1 N–H and O–H groups in total. The zero-order chi connectivity index (χ0) is 13.6. The number of carbonyl (C=O) groups excluding carboxylic acids is 2. The van der Waals surface area contributed by atoms with Crippen LogP contribution in [0.25, 0.3) is 10.8 Å². The summed E-state index contributed by atoms with van der Waals surface area (Å²) in [5.41, 5.74) is 0.780. The summed E-state index contributed by atoms with van der Waals surface area (Å²) in [7, 11) is 0. The number of fused-ring (bicyclic) bond motifs is 1. The fourth-order valence-electron chi connectivity index (χ4n) is 2.41. The number of hydrogen-bond acceptors (Lipinski definition) is 2. The van der Waals surface area contributed by atoms with Crippen LogP contribution in [0, 0.1) is 0 Å². The number of carbonyl (C=O) groups is 2. The summed E-state index contributed by atoms with van der Waals surface area (Å²) in [6, 6.07) is 11.4. The van der Waals surface area contributed by atoms with Crippen LogP contribution < -0.4 is 5.32 Å². The van der Waals surface area contributed by atoms with E-state index in [0.717, 1.165) is 20.8 Å². The Balaban J connectivity index is 2.24. The third-order valence-electron chi connectivity index (χ3n) is 3.31. The highest BCUT2D eigenvalue weighted by Gasteiger charge is 2.42. The number of hydrogen-bond donors (Lipinski definition) is 1. The molecular formula is C14H9BrClNO2. The summed E-state index contributed by atoms with van der Waals surface area (Å²) in [4.78, 5) is 23.4. The number of benzene rings is 2. The molecule has 2 aromatic rings.